The summed E-state index contributed by atoms with van der Waals surface area (Å²) in [7, 11) is 0. The van der Waals surface area contributed by atoms with E-state index in [9.17, 15) is 9.59 Å². The summed E-state index contributed by atoms with van der Waals surface area (Å²) in [5.41, 5.74) is 15.6. The van der Waals surface area contributed by atoms with E-state index in [1.54, 1.807) is 12.1 Å². The number of benzene rings is 6. The van der Waals surface area contributed by atoms with Gasteiger partial charge in [0.1, 0.15) is 5.69 Å². The summed E-state index contributed by atoms with van der Waals surface area (Å²) in [6, 6.07) is 58.4. The van der Waals surface area contributed by atoms with Gasteiger partial charge in [-0.25, -0.2) is 0 Å². The van der Waals surface area contributed by atoms with Gasteiger partial charge in [-0.05, 0) is 99.0 Å². The molecule has 8 nitrogen and oxygen atoms in total. The Bertz CT molecular complexity index is 3340. The summed E-state index contributed by atoms with van der Waals surface area (Å²) in [6.07, 6.45) is 2.33. The molecule has 0 spiro atoms. The molecule has 0 saturated carbocycles. The van der Waals surface area contributed by atoms with Gasteiger partial charge in [0.05, 0.1) is 34.6 Å². The first kappa shape index (κ1) is 61.5. The minimum Gasteiger partial charge on any atom is -0.512 e. The van der Waals surface area contributed by atoms with Crippen molar-refractivity contribution in [2.75, 3.05) is 0 Å². The minimum absolute atomic E-state index is 0. The second kappa shape index (κ2) is 30.3. The van der Waals surface area contributed by atoms with Gasteiger partial charge in [0.2, 0.25) is 0 Å². The Kier molecular flexibility index (Phi) is 25.9. The first-order valence-electron chi connectivity index (χ1n) is 22.2. The minimum atomic E-state index is -0.125. The van der Waals surface area contributed by atoms with E-state index >= 15 is 0 Å². The van der Waals surface area contributed by atoms with Gasteiger partial charge >= 0.3 is 0 Å². The predicted octanol–water partition coefficient (Wildman–Crippen LogP) is 15.3. The maximum Gasteiger partial charge on any atom is 0.155 e. The molecule has 0 bridgehead atoms. The second-order valence-electron chi connectivity index (χ2n) is 16.5. The molecule has 3 heterocycles. The zero-order valence-corrected chi connectivity index (χ0v) is 48.7. The van der Waals surface area contributed by atoms with Crippen molar-refractivity contribution in [3.63, 3.8) is 0 Å². The Morgan fingerprint density at radius 2 is 1.07 bits per heavy atom. The average Bonchev–Trinajstić information content (AvgIpc) is 3.32. The van der Waals surface area contributed by atoms with E-state index in [0.29, 0.717) is 5.69 Å². The fourth-order valence-electron chi connectivity index (χ4n) is 6.91. The molecule has 373 valence electrons. The van der Waals surface area contributed by atoms with Gasteiger partial charge in [-0.15, -0.1) is 94.0 Å². The molecule has 0 unspecified atom stereocenters. The molecule has 0 fully saturated rings. The third-order valence-corrected chi connectivity index (χ3v) is 10.3. The average molecular weight is 1480 g/mol. The molecular weight excluding hydrogens is 1430 g/mol. The Labute approximate surface area is 464 Å². The number of para-hydroxylation sites is 2. The smallest absolute Gasteiger partial charge is 0.155 e. The van der Waals surface area contributed by atoms with Gasteiger partial charge in [0.25, 0.3) is 0 Å². The van der Waals surface area contributed by atoms with E-state index in [2.05, 4.69) is 134 Å². The Hall–Kier alpha value is -6.59. The number of allylic oxidation sites excluding steroid dienone is 4. The van der Waals surface area contributed by atoms with Crippen LogP contribution >= 0.6 is 0 Å². The zero-order valence-electron chi connectivity index (χ0n) is 41.5. The molecule has 0 saturated heterocycles. The molecule has 11 heteroatoms. The van der Waals surface area contributed by atoms with Crippen LogP contribution in [0, 0.1) is 59.4 Å². The van der Waals surface area contributed by atoms with Crippen LogP contribution in [0.3, 0.4) is 0 Å². The zero-order chi connectivity index (χ0) is 50.0. The third-order valence-electron chi connectivity index (χ3n) is 10.3. The van der Waals surface area contributed by atoms with Gasteiger partial charge < -0.3 is 10.2 Å². The summed E-state index contributed by atoms with van der Waals surface area (Å²) in [4.78, 5) is 37.5. The van der Waals surface area contributed by atoms with Crippen molar-refractivity contribution < 1.29 is 80.1 Å². The van der Waals surface area contributed by atoms with Crippen LogP contribution in [0.15, 0.2) is 169 Å². The van der Waals surface area contributed by atoms with Gasteiger partial charge in [0.15, 0.2) is 11.6 Å². The number of rotatable bonds is 5. The first-order chi connectivity index (χ1) is 33.0. The molecule has 0 aliphatic rings. The van der Waals surface area contributed by atoms with Crippen LogP contribution in [0.1, 0.15) is 55.5 Å². The molecule has 6 aromatic carbocycles. The number of ketones is 2. The number of hydrogen-bond donors (Lipinski definition) is 2. The van der Waals surface area contributed by atoms with Crippen LogP contribution in [0.4, 0.5) is 5.69 Å². The number of fused-ring (bicyclic) bond motifs is 3. The van der Waals surface area contributed by atoms with E-state index in [4.69, 9.17) is 21.8 Å². The number of carbonyl (C=O) groups is 2. The molecule has 72 heavy (non-hydrogen) atoms. The molecule has 0 amide bonds. The number of aryl methyl sites for hydroxylation is 5. The number of aliphatic hydroxyl groups is 2. The number of aromatic nitrogens is 3. The standard InChI is InChI=1S/C18H16N.C17H14N.C16H9N2.2C5H8O2.3Ir/c1-12-5-4-6-15(9-12)18-14(3)11-16-10-13(2)7-8-17(16)19-18;1-12-7-8-15(11-13(12)2)17-10-9-14-5-3-4-6-16(14)18-17;1-17-14-7-4-6-13(11-14)16-10-9-12-5-2-3-8-15(12)18-16;2*1-4(6)3-5(2)7;;;/h4-8,10-11H,1-3H3;3-7,9-11H,1-2H3;2-5,7-11H;2*3,6H,1-2H3;;;/q3*-1;;;;;. The van der Waals surface area contributed by atoms with Crippen molar-refractivity contribution in [3.8, 4) is 33.8 Å². The Morgan fingerprint density at radius 1 is 0.528 bits per heavy atom. The fourth-order valence-corrected chi connectivity index (χ4v) is 6.91. The fraction of sp³-hybridized carbons (Fsp3) is 0.148. The van der Waals surface area contributed by atoms with Crippen LogP contribution in [0.5, 0.6) is 0 Å². The quantitative estimate of drug-likeness (QED) is 0.100. The van der Waals surface area contributed by atoms with E-state index in [-0.39, 0.29) is 83.4 Å². The predicted molar refractivity (Wildman–Crippen MR) is 282 cm³/mol. The molecule has 3 radical (unpaired) electrons. The molecule has 0 atom stereocenters. The summed E-state index contributed by atoms with van der Waals surface area (Å²) in [5.74, 6) is -0.125. The summed E-state index contributed by atoms with van der Waals surface area (Å²) in [5, 5.41) is 20.2. The molecule has 3 aromatic heterocycles. The van der Waals surface area contributed by atoms with Crippen LogP contribution in [-0.4, -0.2) is 36.7 Å². The van der Waals surface area contributed by atoms with Crippen LogP contribution in [0.25, 0.3) is 71.3 Å². The van der Waals surface area contributed by atoms with Crippen molar-refractivity contribution in [1.82, 2.24) is 15.0 Å². The van der Waals surface area contributed by atoms with E-state index in [0.717, 1.165) is 61.3 Å². The number of aliphatic hydroxyl groups excluding tert-OH is 2. The van der Waals surface area contributed by atoms with Crippen molar-refractivity contribution in [2.24, 2.45) is 0 Å². The van der Waals surface area contributed by atoms with Crippen molar-refractivity contribution in [2.45, 2.75) is 62.3 Å². The molecule has 9 rings (SSSR count). The Morgan fingerprint density at radius 3 is 1.57 bits per heavy atom. The molecule has 2 N–H and O–H groups in total. The Balaban J connectivity index is 0.000000322. The first-order valence-corrected chi connectivity index (χ1v) is 22.2. The SMILES string of the molecule is CC(=O)C=C(C)O.CC(=O)C=C(C)O.Cc1[c-]c(-c2nc3ccc(C)cc3cc2C)ccc1.Cc1c[c-]c(-c2ccc3ccccc3n2)cc1C.[C-]#[N+]c1cc[c-]c(-c2ccc3ccccc3n2)c1.[Ir].[Ir].[Ir]. The third kappa shape index (κ3) is 19.2. The number of nitrogens with zero attached hydrogens (tertiary/aromatic N) is 4. The second-order valence-corrected chi connectivity index (χ2v) is 16.5. The summed E-state index contributed by atoms with van der Waals surface area (Å²) < 4.78 is 0. The van der Waals surface area contributed by atoms with Crippen molar-refractivity contribution in [3.05, 3.63) is 227 Å². The van der Waals surface area contributed by atoms with Crippen LogP contribution < -0.4 is 0 Å². The maximum atomic E-state index is 10.0. The summed E-state index contributed by atoms with van der Waals surface area (Å²) in [6.45, 7) is 23.2. The van der Waals surface area contributed by atoms with Gasteiger partial charge in [-0.2, -0.15) is 6.07 Å². The number of hydrogen-bond acceptors (Lipinski definition) is 7. The van der Waals surface area contributed by atoms with E-state index in [1.807, 2.05) is 66.7 Å². The van der Waals surface area contributed by atoms with E-state index < -0.39 is 0 Å². The number of pyridine rings is 3. The molecule has 0 aliphatic carbocycles. The van der Waals surface area contributed by atoms with Crippen molar-refractivity contribution >= 4 is 50.0 Å². The normalized spacial score (nSPS) is 10.3. The van der Waals surface area contributed by atoms with Crippen LogP contribution in [-0.2, 0) is 69.9 Å². The van der Waals surface area contributed by atoms with Crippen molar-refractivity contribution in [1.29, 1.82) is 0 Å². The van der Waals surface area contributed by atoms with E-state index in [1.165, 1.54) is 72.9 Å². The van der Waals surface area contributed by atoms with Gasteiger partial charge in [-0.3, -0.25) is 29.4 Å². The van der Waals surface area contributed by atoms with Crippen LogP contribution in [0.2, 0.25) is 0 Å². The maximum absolute atomic E-state index is 10.0. The number of carbonyl (C=O) groups excluding carboxylic acids is 2. The molecule has 0 aliphatic heterocycles. The largest absolute Gasteiger partial charge is 0.512 e. The summed E-state index contributed by atoms with van der Waals surface area (Å²) >= 11 is 0. The molecule has 9 aromatic rings. The van der Waals surface area contributed by atoms with Gasteiger partial charge in [-0.1, -0.05) is 105 Å². The topological polar surface area (TPSA) is 118 Å². The van der Waals surface area contributed by atoms with Gasteiger partial charge in [0, 0.05) is 72.5 Å². The monoisotopic (exact) mass is 1490 g/mol. The molecular formula is C61H55Ir3N4O4-3.